The van der Waals surface area contributed by atoms with Crippen molar-refractivity contribution in [2.24, 2.45) is 0 Å². The molecule has 4 nitrogen and oxygen atoms in total. The van der Waals surface area contributed by atoms with Crippen molar-refractivity contribution < 1.29 is 4.79 Å². The van der Waals surface area contributed by atoms with Crippen LogP contribution >= 0.6 is 0 Å². The van der Waals surface area contributed by atoms with E-state index in [4.69, 9.17) is 5.26 Å². The van der Waals surface area contributed by atoms with E-state index in [1.165, 1.54) is 5.56 Å². The number of hydrogen-bond acceptors (Lipinski definition) is 3. The second kappa shape index (κ2) is 8.11. The van der Waals surface area contributed by atoms with Crippen LogP contribution in [-0.4, -0.2) is 23.4 Å². The molecule has 118 valence electrons. The summed E-state index contributed by atoms with van der Waals surface area (Å²) >= 11 is 0. The van der Waals surface area contributed by atoms with Crippen LogP contribution in [0.2, 0.25) is 0 Å². The first-order chi connectivity index (χ1) is 11.1. The van der Waals surface area contributed by atoms with Gasteiger partial charge in [0.1, 0.15) is 0 Å². The quantitative estimate of drug-likeness (QED) is 0.890. The standard InChI is InChI=1S/C19H21N3O/c1-15(2)22(13-16-7-4-3-5-8-16)14-19(23)21-18-10-6-9-17(11-18)12-20/h3-11,15H,13-14H2,1-2H3,(H,21,23). The second-order valence-corrected chi connectivity index (χ2v) is 5.73. The fourth-order valence-electron chi connectivity index (χ4n) is 2.29. The monoisotopic (exact) mass is 307 g/mol. The van der Waals surface area contributed by atoms with Gasteiger partial charge in [-0.25, -0.2) is 0 Å². The smallest absolute Gasteiger partial charge is 0.238 e. The summed E-state index contributed by atoms with van der Waals surface area (Å²) < 4.78 is 0. The van der Waals surface area contributed by atoms with Crippen molar-refractivity contribution in [2.45, 2.75) is 26.4 Å². The van der Waals surface area contributed by atoms with Crippen molar-refractivity contribution in [3.63, 3.8) is 0 Å². The number of carbonyl (C=O) groups excluding carboxylic acids is 1. The van der Waals surface area contributed by atoms with Gasteiger partial charge in [0.15, 0.2) is 0 Å². The highest BCUT2D eigenvalue weighted by atomic mass is 16.2. The number of nitriles is 1. The highest BCUT2D eigenvalue weighted by Gasteiger charge is 2.14. The summed E-state index contributed by atoms with van der Waals surface area (Å²) in [6.07, 6.45) is 0. The Kier molecular flexibility index (Phi) is 5.90. The van der Waals surface area contributed by atoms with Crippen LogP contribution in [0.15, 0.2) is 54.6 Å². The maximum Gasteiger partial charge on any atom is 0.238 e. The summed E-state index contributed by atoms with van der Waals surface area (Å²) in [4.78, 5) is 14.4. The van der Waals surface area contributed by atoms with Crippen molar-refractivity contribution in [1.82, 2.24) is 4.90 Å². The van der Waals surface area contributed by atoms with Crippen LogP contribution in [0.5, 0.6) is 0 Å². The van der Waals surface area contributed by atoms with E-state index in [0.717, 1.165) is 6.54 Å². The van der Waals surface area contributed by atoms with E-state index in [2.05, 4.69) is 42.3 Å². The number of carbonyl (C=O) groups is 1. The lowest BCUT2D eigenvalue weighted by Gasteiger charge is -2.26. The molecule has 0 aliphatic carbocycles. The SMILES string of the molecule is CC(C)N(CC(=O)Nc1cccc(C#N)c1)Cc1ccccc1. The van der Waals surface area contributed by atoms with Crippen LogP contribution < -0.4 is 5.32 Å². The van der Waals surface area contributed by atoms with E-state index in [9.17, 15) is 4.79 Å². The number of anilines is 1. The van der Waals surface area contributed by atoms with Gasteiger partial charge in [0, 0.05) is 18.3 Å². The molecule has 0 unspecified atom stereocenters. The van der Waals surface area contributed by atoms with E-state index in [1.807, 2.05) is 18.2 Å². The molecule has 0 bridgehead atoms. The zero-order valence-electron chi connectivity index (χ0n) is 13.5. The molecule has 0 radical (unpaired) electrons. The summed E-state index contributed by atoms with van der Waals surface area (Å²) in [6, 6.07) is 19.4. The Morgan fingerprint density at radius 2 is 1.91 bits per heavy atom. The number of benzene rings is 2. The van der Waals surface area contributed by atoms with Gasteiger partial charge in [0.25, 0.3) is 0 Å². The molecule has 1 amide bonds. The molecule has 4 heteroatoms. The van der Waals surface area contributed by atoms with E-state index in [0.29, 0.717) is 17.8 Å². The number of nitrogens with one attached hydrogen (secondary N) is 1. The van der Waals surface area contributed by atoms with Crippen molar-refractivity contribution >= 4 is 11.6 Å². The largest absolute Gasteiger partial charge is 0.325 e. The van der Waals surface area contributed by atoms with E-state index >= 15 is 0 Å². The van der Waals surface area contributed by atoms with E-state index < -0.39 is 0 Å². The van der Waals surface area contributed by atoms with Crippen molar-refractivity contribution in [1.29, 1.82) is 5.26 Å². The fourth-order valence-corrected chi connectivity index (χ4v) is 2.29. The third-order valence-corrected chi connectivity index (χ3v) is 3.58. The van der Waals surface area contributed by atoms with Gasteiger partial charge in [-0.1, -0.05) is 36.4 Å². The van der Waals surface area contributed by atoms with Gasteiger partial charge in [0.05, 0.1) is 18.2 Å². The van der Waals surface area contributed by atoms with E-state index in [-0.39, 0.29) is 11.9 Å². The first kappa shape index (κ1) is 16.7. The molecule has 0 aliphatic heterocycles. The van der Waals surface area contributed by atoms with Gasteiger partial charge >= 0.3 is 0 Å². The molecule has 0 atom stereocenters. The van der Waals surface area contributed by atoms with Gasteiger partial charge in [-0.3, -0.25) is 9.69 Å². The summed E-state index contributed by atoms with van der Waals surface area (Å²) in [5, 5.41) is 11.8. The number of amides is 1. The fraction of sp³-hybridized carbons (Fsp3) is 0.263. The lowest BCUT2D eigenvalue weighted by Crippen LogP contribution is -2.37. The predicted octanol–water partition coefficient (Wildman–Crippen LogP) is 3.41. The second-order valence-electron chi connectivity index (χ2n) is 5.73. The van der Waals surface area contributed by atoms with E-state index in [1.54, 1.807) is 24.3 Å². The normalized spacial score (nSPS) is 10.6. The summed E-state index contributed by atoms with van der Waals surface area (Å²) in [6.45, 7) is 5.19. The molecular weight excluding hydrogens is 286 g/mol. The Bertz CT molecular complexity index is 689. The Morgan fingerprint density at radius 3 is 2.57 bits per heavy atom. The molecule has 0 spiro atoms. The van der Waals surface area contributed by atoms with Gasteiger partial charge < -0.3 is 5.32 Å². The minimum atomic E-state index is -0.0790. The zero-order chi connectivity index (χ0) is 16.7. The molecule has 0 aliphatic rings. The Balaban J connectivity index is 1.99. The average Bonchev–Trinajstić information content (AvgIpc) is 2.55. The molecule has 0 fully saturated rings. The molecule has 2 rings (SSSR count). The van der Waals surface area contributed by atoms with Crippen molar-refractivity contribution in [3.05, 3.63) is 65.7 Å². The zero-order valence-corrected chi connectivity index (χ0v) is 13.5. The minimum Gasteiger partial charge on any atom is -0.325 e. The Hall–Kier alpha value is -2.64. The molecule has 0 heterocycles. The lowest BCUT2D eigenvalue weighted by molar-refractivity contribution is -0.117. The maximum absolute atomic E-state index is 12.3. The van der Waals surface area contributed by atoms with Crippen LogP contribution in [0.3, 0.4) is 0 Å². The maximum atomic E-state index is 12.3. The third-order valence-electron chi connectivity index (χ3n) is 3.58. The average molecular weight is 307 g/mol. The first-order valence-electron chi connectivity index (χ1n) is 7.66. The van der Waals surface area contributed by atoms with Gasteiger partial charge in [-0.05, 0) is 37.6 Å². The molecule has 2 aromatic rings. The van der Waals surface area contributed by atoms with Crippen molar-refractivity contribution in [3.8, 4) is 6.07 Å². The number of hydrogen-bond donors (Lipinski definition) is 1. The van der Waals surface area contributed by atoms with Crippen LogP contribution in [-0.2, 0) is 11.3 Å². The van der Waals surface area contributed by atoms with Gasteiger partial charge in [-0.15, -0.1) is 0 Å². The van der Waals surface area contributed by atoms with Crippen LogP contribution in [0, 0.1) is 11.3 Å². The minimum absolute atomic E-state index is 0.0790. The summed E-state index contributed by atoms with van der Waals surface area (Å²) in [5.74, 6) is -0.0790. The molecule has 2 aromatic carbocycles. The Morgan fingerprint density at radius 1 is 1.17 bits per heavy atom. The third kappa shape index (κ3) is 5.24. The first-order valence-corrected chi connectivity index (χ1v) is 7.66. The topological polar surface area (TPSA) is 56.1 Å². The Labute approximate surface area is 137 Å². The summed E-state index contributed by atoms with van der Waals surface area (Å²) in [7, 11) is 0. The molecule has 0 saturated heterocycles. The molecular formula is C19H21N3O. The molecule has 0 saturated carbocycles. The van der Waals surface area contributed by atoms with Crippen LogP contribution in [0.1, 0.15) is 25.0 Å². The number of rotatable bonds is 6. The van der Waals surface area contributed by atoms with Gasteiger partial charge in [-0.2, -0.15) is 5.26 Å². The van der Waals surface area contributed by atoms with Crippen LogP contribution in [0.4, 0.5) is 5.69 Å². The predicted molar refractivity (Wildman–Crippen MR) is 91.8 cm³/mol. The molecule has 1 N–H and O–H groups in total. The van der Waals surface area contributed by atoms with Gasteiger partial charge in [0.2, 0.25) is 5.91 Å². The molecule has 0 aromatic heterocycles. The van der Waals surface area contributed by atoms with Crippen molar-refractivity contribution in [2.75, 3.05) is 11.9 Å². The summed E-state index contributed by atoms with van der Waals surface area (Å²) in [5.41, 5.74) is 2.37. The lowest BCUT2D eigenvalue weighted by atomic mass is 10.2. The van der Waals surface area contributed by atoms with Crippen LogP contribution in [0.25, 0.3) is 0 Å². The highest BCUT2D eigenvalue weighted by molar-refractivity contribution is 5.92. The highest BCUT2D eigenvalue weighted by Crippen LogP contribution is 2.11. The molecule has 23 heavy (non-hydrogen) atoms. The number of nitrogens with zero attached hydrogens (tertiary/aromatic N) is 2.